The molecule has 1 atom stereocenters. The van der Waals surface area contributed by atoms with Crippen LogP contribution in [0.5, 0.6) is 11.5 Å². The summed E-state index contributed by atoms with van der Waals surface area (Å²) in [5.41, 5.74) is 2.23. The number of amides is 1. The summed E-state index contributed by atoms with van der Waals surface area (Å²) in [7, 11) is 3.32. The fraction of sp³-hybridized carbons (Fsp3) is 0.458. The van der Waals surface area contributed by atoms with Gasteiger partial charge in [0.25, 0.3) is 0 Å². The van der Waals surface area contributed by atoms with Crippen LogP contribution in [0.25, 0.3) is 0 Å². The lowest BCUT2D eigenvalue weighted by Gasteiger charge is -2.38. The van der Waals surface area contributed by atoms with Crippen LogP contribution in [0.4, 0.5) is 11.4 Å². The summed E-state index contributed by atoms with van der Waals surface area (Å²) in [5.74, 6) is 1.71. The topological polar surface area (TPSA) is 48.5 Å². The molecule has 2 aliphatic heterocycles. The van der Waals surface area contributed by atoms with E-state index in [-0.39, 0.29) is 11.9 Å². The molecular formula is C24H32N4O3. The van der Waals surface area contributed by atoms with Crippen LogP contribution in [-0.4, -0.2) is 75.3 Å². The van der Waals surface area contributed by atoms with Crippen LogP contribution in [0.15, 0.2) is 48.5 Å². The standard InChI is InChI=1S/C24H32N4O3/c1-19-17-24(29)27(28(19)20-7-5-4-6-8-20)16-13-25-11-14-26(15-12-25)21-9-10-22(30-2)23(18-21)31-3/h4-10,18-19H,11-17H2,1-3H3. The zero-order valence-corrected chi connectivity index (χ0v) is 18.7. The summed E-state index contributed by atoms with van der Waals surface area (Å²) in [6.07, 6.45) is 0.571. The number of carbonyl (C=O) groups is 1. The van der Waals surface area contributed by atoms with Crippen molar-refractivity contribution in [2.45, 2.75) is 19.4 Å². The maximum Gasteiger partial charge on any atom is 0.243 e. The van der Waals surface area contributed by atoms with E-state index in [1.54, 1.807) is 14.2 Å². The predicted molar refractivity (Wildman–Crippen MR) is 123 cm³/mol. The third-order valence-electron chi connectivity index (χ3n) is 6.19. The lowest BCUT2D eigenvalue weighted by Crippen LogP contribution is -2.50. The zero-order valence-electron chi connectivity index (χ0n) is 18.7. The smallest absolute Gasteiger partial charge is 0.243 e. The first-order valence-corrected chi connectivity index (χ1v) is 10.9. The maximum atomic E-state index is 12.6. The molecule has 0 aromatic heterocycles. The Balaban J connectivity index is 1.33. The molecule has 166 valence electrons. The molecule has 2 heterocycles. The van der Waals surface area contributed by atoms with E-state index >= 15 is 0 Å². The molecule has 0 aliphatic carbocycles. The van der Waals surface area contributed by atoms with Crippen molar-refractivity contribution in [3.63, 3.8) is 0 Å². The summed E-state index contributed by atoms with van der Waals surface area (Å²) in [4.78, 5) is 17.4. The highest BCUT2D eigenvalue weighted by molar-refractivity contribution is 5.82. The van der Waals surface area contributed by atoms with Crippen molar-refractivity contribution in [2.24, 2.45) is 0 Å². The van der Waals surface area contributed by atoms with Gasteiger partial charge in [-0.25, -0.2) is 0 Å². The van der Waals surface area contributed by atoms with Gasteiger partial charge >= 0.3 is 0 Å². The van der Waals surface area contributed by atoms with Gasteiger partial charge in [-0.2, -0.15) is 0 Å². The van der Waals surface area contributed by atoms with Crippen molar-refractivity contribution in [1.82, 2.24) is 9.91 Å². The molecule has 0 N–H and O–H groups in total. The average molecular weight is 425 g/mol. The Kier molecular flexibility index (Phi) is 6.51. The highest BCUT2D eigenvalue weighted by Crippen LogP contribution is 2.32. The van der Waals surface area contributed by atoms with E-state index < -0.39 is 0 Å². The van der Waals surface area contributed by atoms with Gasteiger partial charge < -0.3 is 14.4 Å². The molecule has 4 rings (SSSR count). The monoisotopic (exact) mass is 424 g/mol. The number of nitrogens with zero attached hydrogens (tertiary/aromatic N) is 4. The van der Waals surface area contributed by atoms with Crippen LogP contribution in [0.1, 0.15) is 13.3 Å². The zero-order chi connectivity index (χ0) is 21.8. The third kappa shape index (κ3) is 4.56. The van der Waals surface area contributed by atoms with Crippen molar-refractivity contribution in [3.8, 4) is 11.5 Å². The number of anilines is 2. The van der Waals surface area contributed by atoms with Crippen molar-refractivity contribution in [2.75, 3.05) is 63.4 Å². The number of methoxy groups -OCH3 is 2. The molecule has 2 fully saturated rings. The Morgan fingerprint density at radius 2 is 1.58 bits per heavy atom. The first-order chi connectivity index (χ1) is 15.1. The molecule has 2 aromatic carbocycles. The maximum absolute atomic E-state index is 12.6. The van der Waals surface area contributed by atoms with Crippen LogP contribution in [-0.2, 0) is 4.79 Å². The molecule has 2 saturated heterocycles. The number of hydrogen-bond acceptors (Lipinski definition) is 6. The molecule has 0 radical (unpaired) electrons. The second-order valence-electron chi connectivity index (χ2n) is 8.12. The van der Waals surface area contributed by atoms with Crippen molar-refractivity contribution >= 4 is 17.3 Å². The van der Waals surface area contributed by atoms with Crippen LogP contribution < -0.4 is 19.4 Å². The number of hydrogen-bond donors (Lipinski definition) is 0. The summed E-state index contributed by atoms with van der Waals surface area (Å²) in [5, 5.41) is 4.09. The number of piperazine rings is 1. The molecular weight excluding hydrogens is 392 g/mol. The number of carbonyl (C=O) groups excluding carboxylic acids is 1. The molecule has 1 amide bonds. The Hall–Kier alpha value is -2.93. The number of rotatable bonds is 7. The van der Waals surface area contributed by atoms with Gasteiger partial charge in [-0.05, 0) is 31.2 Å². The summed E-state index contributed by atoms with van der Waals surface area (Å²) in [6.45, 7) is 7.54. The average Bonchev–Trinajstić information content (AvgIpc) is 3.10. The minimum Gasteiger partial charge on any atom is -0.493 e. The normalized spacial score (nSPS) is 19.8. The first kappa shape index (κ1) is 21.3. The van der Waals surface area contributed by atoms with Gasteiger partial charge in [0.05, 0.1) is 38.9 Å². The van der Waals surface area contributed by atoms with E-state index in [1.165, 1.54) is 0 Å². The summed E-state index contributed by atoms with van der Waals surface area (Å²) in [6, 6.07) is 16.5. The highest BCUT2D eigenvalue weighted by Gasteiger charge is 2.35. The van der Waals surface area contributed by atoms with Crippen molar-refractivity contribution < 1.29 is 14.3 Å². The van der Waals surface area contributed by atoms with Gasteiger partial charge in [-0.3, -0.25) is 19.7 Å². The predicted octanol–water partition coefficient (Wildman–Crippen LogP) is 2.87. The molecule has 7 nitrogen and oxygen atoms in total. The fourth-order valence-electron chi connectivity index (χ4n) is 4.50. The lowest BCUT2D eigenvalue weighted by atomic mass is 10.2. The van der Waals surface area contributed by atoms with Crippen LogP contribution in [0.3, 0.4) is 0 Å². The lowest BCUT2D eigenvalue weighted by molar-refractivity contribution is -0.128. The quantitative estimate of drug-likeness (QED) is 0.681. The van der Waals surface area contributed by atoms with Gasteiger partial charge in [0.15, 0.2) is 11.5 Å². The summed E-state index contributed by atoms with van der Waals surface area (Å²) < 4.78 is 10.8. The fourth-order valence-corrected chi connectivity index (χ4v) is 4.50. The van der Waals surface area contributed by atoms with Gasteiger partial charge in [-0.15, -0.1) is 0 Å². The molecule has 0 saturated carbocycles. The molecule has 1 unspecified atom stereocenters. The van der Waals surface area contributed by atoms with Crippen molar-refractivity contribution in [3.05, 3.63) is 48.5 Å². The second kappa shape index (κ2) is 9.47. The van der Waals surface area contributed by atoms with E-state index in [9.17, 15) is 4.79 Å². The molecule has 2 aliphatic rings. The van der Waals surface area contributed by atoms with E-state index in [2.05, 4.69) is 39.9 Å². The summed E-state index contributed by atoms with van der Waals surface area (Å²) >= 11 is 0. The highest BCUT2D eigenvalue weighted by atomic mass is 16.5. The van der Waals surface area contributed by atoms with Gasteiger partial charge in [0.1, 0.15) is 0 Å². The minimum absolute atomic E-state index is 0.191. The van der Waals surface area contributed by atoms with E-state index in [0.717, 1.165) is 55.6 Å². The largest absolute Gasteiger partial charge is 0.493 e. The molecule has 2 aromatic rings. The van der Waals surface area contributed by atoms with Crippen LogP contribution in [0, 0.1) is 0 Å². The number of hydrazine groups is 1. The molecule has 31 heavy (non-hydrogen) atoms. The van der Waals surface area contributed by atoms with Gasteiger partial charge in [0.2, 0.25) is 5.91 Å². The molecule has 7 heteroatoms. The minimum atomic E-state index is 0.191. The number of para-hydroxylation sites is 1. The van der Waals surface area contributed by atoms with Crippen molar-refractivity contribution in [1.29, 1.82) is 0 Å². The second-order valence-corrected chi connectivity index (χ2v) is 8.12. The third-order valence-corrected chi connectivity index (χ3v) is 6.19. The number of ether oxygens (including phenoxy) is 2. The SMILES string of the molecule is COc1ccc(N2CCN(CCN3C(=O)CC(C)N3c3ccccc3)CC2)cc1OC. The molecule has 0 bridgehead atoms. The van der Waals surface area contributed by atoms with Gasteiger partial charge in [0, 0.05) is 44.5 Å². The Morgan fingerprint density at radius 1 is 0.871 bits per heavy atom. The van der Waals surface area contributed by atoms with Gasteiger partial charge in [-0.1, -0.05) is 18.2 Å². The Morgan fingerprint density at radius 3 is 2.26 bits per heavy atom. The van der Waals surface area contributed by atoms with E-state index in [0.29, 0.717) is 13.0 Å². The Labute approximate surface area is 184 Å². The molecule has 0 spiro atoms. The van der Waals surface area contributed by atoms with E-state index in [4.69, 9.17) is 9.47 Å². The van der Waals surface area contributed by atoms with E-state index in [1.807, 2.05) is 35.3 Å². The van der Waals surface area contributed by atoms with Crippen LogP contribution >= 0.6 is 0 Å². The number of benzene rings is 2. The Bertz CT molecular complexity index is 884. The first-order valence-electron chi connectivity index (χ1n) is 10.9. The van der Waals surface area contributed by atoms with Crippen LogP contribution in [0.2, 0.25) is 0 Å².